The minimum atomic E-state index is -3.47. The molecule has 1 rings (SSSR count). The predicted octanol–water partition coefficient (Wildman–Crippen LogP) is 0.153. The average Bonchev–Trinajstić information content (AvgIpc) is 2.28. The summed E-state index contributed by atoms with van der Waals surface area (Å²) >= 11 is 0. The number of nitrogens with zero attached hydrogens (tertiary/aromatic N) is 1. The summed E-state index contributed by atoms with van der Waals surface area (Å²) in [4.78, 5) is 4.14. The highest BCUT2D eigenvalue weighted by atomic mass is 32.2. The van der Waals surface area contributed by atoms with Gasteiger partial charge in [0.2, 0.25) is 15.9 Å². The van der Waals surface area contributed by atoms with Gasteiger partial charge >= 0.3 is 0 Å². The maximum atomic E-state index is 10.8. The molecule has 0 aliphatic carbocycles. The van der Waals surface area contributed by atoms with Gasteiger partial charge in [0.15, 0.2) is 0 Å². The van der Waals surface area contributed by atoms with Crippen molar-refractivity contribution in [2.75, 3.05) is 30.0 Å². The molecule has 1 aromatic heterocycles. The van der Waals surface area contributed by atoms with Crippen molar-refractivity contribution in [3.05, 3.63) is 12.1 Å². The maximum Gasteiger partial charge on any atom is 0.239 e. The van der Waals surface area contributed by atoms with Crippen molar-refractivity contribution < 1.29 is 13.2 Å². The molecule has 18 heavy (non-hydrogen) atoms. The molecular formula is C10H18N4O3S. The fourth-order valence-electron chi connectivity index (χ4n) is 1.19. The Bertz CT molecular complexity index is 490. The highest BCUT2D eigenvalue weighted by molar-refractivity contribution is 7.89. The molecule has 0 unspecified atom stereocenters. The third-order valence-electron chi connectivity index (χ3n) is 2.03. The molecule has 0 atom stereocenters. The largest absolute Gasteiger partial charge is 0.476 e. The van der Waals surface area contributed by atoms with E-state index in [4.69, 9.17) is 15.6 Å². The van der Waals surface area contributed by atoms with E-state index in [2.05, 4.69) is 10.3 Å². The molecule has 0 fully saturated rings. The first kappa shape index (κ1) is 14.5. The molecular weight excluding hydrogens is 256 g/mol. The first-order valence-corrected chi connectivity index (χ1v) is 7.27. The first-order valence-electron chi connectivity index (χ1n) is 5.56. The number of nitrogens with one attached hydrogen (secondary N) is 1. The van der Waals surface area contributed by atoms with Crippen LogP contribution in [0.15, 0.2) is 12.1 Å². The topological polar surface area (TPSA) is 120 Å². The highest BCUT2D eigenvalue weighted by Crippen LogP contribution is 2.20. The van der Waals surface area contributed by atoms with Gasteiger partial charge in [0.1, 0.15) is 5.82 Å². The molecule has 0 aromatic carbocycles. The Morgan fingerprint density at radius 3 is 2.78 bits per heavy atom. The second kappa shape index (κ2) is 6.41. The van der Waals surface area contributed by atoms with Crippen LogP contribution >= 0.6 is 0 Å². The summed E-state index contributed by atoms with van der Waals surface area (Å²) in [6.07, 6.45) is 0.851. The van der Waals surface area contributed by atoms with Gasteiger partial charge in [-0.2, -0.15) is 4.98 Å². The molecule has 0 radical (unpaired) electrons. The molecule has 5 N–H and O–H groups in total. The van der Waals surface area contributed by atoms with E-state index in [9.17, 15) is 8.42 Å². The van der Waals surface area contributed by atoms with Crippen LogP contribution in [-0.2, 0) is 10.0 Å². The van der Waals surface area contributed by atoms with E-state index in [1.54, 1.807) is 12.1 Å². The van der Waals surface area contributed by atoms with Crippen molar-refractivity contribution in [1.29, 1.82) is 0 Å². The summed E-state index contributed by atoms with van der Waals surface area (Å²) in [6, 6.07) is 3.30. The minimum Gasteiger partial charge on any atom is -0.476 e. The van der Waals surface area contributed by atoms with Crippen LogP contribution in [0.25, 0.3) is 0 Å². The normalized spacial score (nSPS) is 11.2. The van der Waals surface area contributed by atoms with Gasteiger partial charge in [0.25, 0.3) is 0 Å². The van der Waals surface area contributed by atoms with Crippen LogP contribution in [0, 0.1) is 0 Å². The lowest BCUT2D eigenvalue weighted by Gasteiger charge is -2.10. The number of aromatic nitrogens is 1. The van der Waals surface area contributed by atoms with Gasteiger partial charge in [-0.15, -0.1) is 0 Å². The van der Waals surface area contributed by atoms with Crippen LogP contribution in [-0.4, -0.2) is 32.3 Å². The molecule has 0 amide bonds. The van der Waals surface area contributed by atoms with Gasteiger partial charge < -0.3 is 15.8 Å². The number of sulfonamides is 1. The van der Waals surface area contributed by atoms with Gasteiger partial charge in [-0.25, -0.2) is 13.6 Å². The predicted molar refractivity (Wildman–Crippen MR) is 70.9 cm³/mol. The Morgan fingerprint density at radius 1 is 1.44 bits per heavy atom. The zero-order valence-electron chi connectivity index (χ0n) is 10.2. The summed E-state index contributed by atoms with van der Waals surface area (Å²) in [7, 11) is -3.47. The molecule has 0 saturated carbocycles. The lowest BCUT2D eigenvalue weighted by molar-refractivity contribution is 0.307. The van der Waals surface area contributed by atoms with Crippen LogP contribution in [0.4, 0.5) is 11.5 Å². The van der Waals surface area contributed by atoms with Crippen LogP contribution in [0.5, 0.6) is 5.88 Å². The highest BCUT2D eigenvalue weighted by Gasteiger charge is 2.05. The molecule has 8 heteroatoms. The summed E-state index contributed by atoms with van der Waals surface area (Å²) in [5.74, 6) is 0.681. The van der Waals surface area contributed by atoms with Crippen LogP contribution in [0.1, 0.15) is 13.3 Å². The average molecular weight is 274 g/mol. The second-order valence-corrected chi connectivity index (χ2v) is 5.47. The Labute approximate surface area is 107 Å². The third-order valence-corrected chi connectivity index (χ3v) is 2.80. The molecule has 1 heterocycles. The van der Waals surface area contributed by atoms with Crippen molar-refractivity contribution in [2.45, 2.75) is 13.3 Å². The Kier molecular flexibility index (Phi) is 5.17. The number of rotatable bonds is 7. The van der Waals surface area contributed by atoms with E-state index in [1.807, 2.05) is 6.92 Å². The Balaban J connectivity index is 2.61. The lowest BCUT2D eigenvalue weighted by atomic mass is 10.4. The molecule has 0 saturated heterocycles. The Hall–Kier alpha value is -1.54. The monoisotopic (exact) mass is 274 g/mol. The zero-order chi connectivity index (χ0) is 13.6. The van der Waals surface area contributed by atoms with Crippen molar-refractivity contribution in [1.82, 2.24) is 4.98 Å². The van der Waals surface area contributed by atoms with Crippen LogP contribution in [0.3, 0.4) is 0 Å². The van der Waals surface area contributed by atoms with Gasteiger partial charge in [0, 0.05) is 6.54 Å². The minimum absolute atomic E-state index is 0.162. The number of nitrogens with two attached hydrogens (primary N) is 2. The fraction of sp³-hybridized carbons (Fsp3) is 0.500. The quantitative estimate of drug-likeness (QED) is 0.651. The third kappa shape index (κ3) is 5.19. The summed E-state index contributed by atoms with van der Waals surface area (Å²) in [5.41, 5.74) is 6.14. The summed E-state index contributed by atoms with van der Waals surface area (Å²) in [6.45, 7) is 2.69. The summed E-state index contributed by atoms with van der Waals surface area (Å²) in [5, 5.41) is 7.73. The molecule has 0 spiro atoms. The zero-order valence-corrected chi connectivity index (χ0v) is 11.0. The van der Waals surface area contributed by atoms with E-state index in [-0.39, 0.29) is 12.3 Å². The standard InChI is InChI=1S/C10H18N4O3S/c1-2-6-17-10-8(11)3-4-9(14-10)13-5-7-18(12,15)16/h3-4H,2,5-7,11H2,1H3,(H,13,14)(H2,12,15,16). The van der Waals surface area contributed by atoms with E-state index in [0.717, 1.165) is 6.42 Å². The number of primary sulfonamides is 1. The van der Waals surface area contributed by atoms with E-state index < -0.39 is 10.0 Å². The number of nitrogen functional groups attached to an aromatic ring is 1. The lowest BCUT2D eigenvalue weighted by Crippen LogP contribution is -2.22. The number of ether oxygens (including phenoxy) is 1. The summed E-state index contributed by atoms with van der Waals surface area (Å²) < 4.78 is 26.9. The van der Waals surface area contributed by atoms with Crippen molar-refractivity contribution in [3.8, 4) is 5.88 Å². The van der Waals surface area contributed by atoms with Crippen molar-refractivity contribution in [2.24, 2.45) is 5.14 Å². The number of anilines is 2. The number of hydrogen-bond acceptors (Lipinski definition) is 6. The molecule has 0 bridgehead atoms. The molecule has 1 aromatic rings. The molecule has 0 aliphatic heterocycles. The molecule has 7 nitrogen and oxygen atoms in total. The first-order chi connectivity index (χ1) is 8.42. The van der Waals surface area contributed by atoms with Crippen molar-refractivity contribution in [3.63, 3.8) is 0 Å². The molecule has 102 valence electrons. The van der Waals surface area contributed by atoms with E-state index >= 15 is 0 Å². The van der Waals surface area contributed by atoms with Crippen LogP contribution < -0.4 is 20.9 Å². The van der Waals surface area contributed by atoms with E-state index in [1.165, 1.54) is 0 Å². The fourth-order valence-corrected chi connectivity index (χ4v) is 1.57. The van der Waals surface area contributed by atoms with Gasteiger partial charge in [-0.05, 0) is 18.6 Å². The van der Waals surface area contributed by atoms with Gasteiger partial charge in [-0.3, -0.25) is 0 Å². The van der Waals surface area contributed by atoms with Gasteiger partial charge in [0.05, 0.1) is 18.0 Å². The number of hydrogen-bond donors (Lipinski definition) is 3. The number of pyridine rings is 1. The van der Waals surface area contributed by atoms with Crippen molar-refractivity contribution >= 4 is 21.5 Å². The second-order valence-electron chi connectivity index (χ2n) is 3.73. The SMILES string of the molecule is CCCOc1nc(NCCS(N)(=O)=O)ccc1N. The molecule has 0 aliphatic rings. The van der Waals surface area contributed by atoms with Gasteiger partial charge in [-0.1, -0.05) is 6.92 Å². The Morgan fingerprint density at radius 2 is 2.17 bits per heavy atom. The maximum absolute atomic E-state index is 10.8. The smallest absolute Gasteiger partial charge is 0.239 e. The van der Waals surface area contributed by atoms with E-state index in [0.29, 0.717) is 24.0 Å². The van der Waals surface area contributed by atoms with Crippen LogP contribution in [0.2, 0.25) is 0 Å².